The largest absolute Gasteiger partial charge is 0.375 e. The van der Waals surface area contributed by atoms with E-state index in [1.54, 1.807) is 19.5 Å². The molecule has 0 bridgehead atoms. The molecule has 1 aromatic carbocycles. The van der Waals surface area contributed by atoms with Crippen molar-refractivity contribution in [2.24, 2.45) is 5.92 Å². The van der Waals surface area contributed by atoms with Gasteiger partial charge in [-0.05, 0) is 24.5 Å². The van der Waals surface area contributed by atoms with Gasteiger partial charge in [-0.1, -0.05) is 30.3 Å². The summed E-state index contributed by atoms with van der Waals surface area (Å²) < 4.78 is 5.51. The summed E-state index contributed by atoms with van der Waals surface area (Å²) in [7, 11) is 1.67. The number of amides is 1. The van der Waals surface area contributed by atoms with Crippen LogP contribution in [0.1, 0.15) is 24.5 Å². The van der Waals surface area contributed by atoms with Gasteiger partial charge in [0.2, 0.25) is 11.9 Å². The topological polar surface area (TPSA) is 67.3 Å². The summed E-state index contributed by atoms with van der Waals surface area (Å²) in [5, 5.41) is 3.04. The van der Waals surface area contributed by atoms with Crippen LogP contribution in [0.25, 0.3) is 0 Å². The molecule has 6 heteroatoms. The first-order valence-corrected chi connectivity index (χ1v) is 8.65. The third-order valence-corrected chi connectivity index (χ3v) is 4.62. The Bertz CT molecular complexity index is 658. The highest BCUT2D eigenvalue weighted by Crippen LogP contribution is 2.21. The van der Waals surface area contributed by atoms with Crippen molar-refractivity contribution in [1.82, 2.24) is 15.3 Å². The molecule has 0 spiro atoms. The maximum atomic E-state index is 12.5. The van der Waals surface area contributed by atoms with E-state index in [-0.39, 0.29) is 17.9 Å². The quantitative estimate of drug-likeness (QED) is 0.873. The van der Waals surface area contributed by atoms with Crippen LogP contribution in [-0.4, -0.2) is 42.6 Å². The molecular weight excluding hydrogens is 316 g/mol. The van der Waals surface area contributed by atoms with Crippen LogP contribution in [0.4, 0.5) is 5.95 Å². The number of aromatic nitrogens is 2. The van der Waals surface area contributed by atoms with E-state index in [2.05, 4.69) is 20.2 Å². The number of rotatable bonds is 6. The molecule has 1 N–H and O–H groups in total. The molecule has 1 aliphatic heterocycles. The van der Waals surface area contributed by atoms with E-state index in [1.807, 2.05) is 36.4 Å². The summed E-state index contributed by atoms with van der Waals surface area (Å²) in [5.74, 6) is 0.879. The first-order valence-electron chi connectivity index (χ1n) is 8.65. The minimum atomic E-state index is -0.122. The maximum Gasteiger partial charge on any atom is 0.225 e. The average molecular weight is 340 g/mol. The molecule has 1 atom stereocenters. The highest BCUT2D eigenvalue weighted by atomic mass is 16.5. The zero-order chi connectivity index (χ0) is 17.5. The SMILES string of the molecule is COC(CNC(=O)C1CCN(c2ncccn2)CC1)c1ccccc1. The van der Waals surface area contributed by atoms with Crippen molar-refractivity contribution in [2.45, 2.75) is 18.9 Å². The number of nitrogens with zero attached hydrogens (tertiary/aromatic N) is 3. The van der Waals surface area contributed by atoms with Crippen LogP contribution >= 0.6 is 0 Å². The number of carbonyl (C=O) groups excluding carboxylic acids is 1. The van der Waals surface area contributed by atoms with E-state index in [9.17, 15) is 4.79 Å². The highest BCUT2D eigenvalue weighted by molar-refractivity contribution is 5.79. The van der Waals surface area contributed by atoms with Crippen molar-refractivity contribution in [1.29, 1.82) is 0 Å². The molecule has 2 heterocycles. The van der Waals surface area contributed by atoms with Gasteiger partial charge in [0.05, 0.1) is 6.10 Å². The second kappa shape index (κ2) is 8.58. The van der Waals surface area contributed by atoms with E-state index in [0.29, 0.717) is 6.54 Å². The fourth-order valence-electron chi connectivity index (χ4n) is 3.14. The molecule has 132 valence electrons. The molecular formula is C19H24N4O2. The van der Waals surface area contributed by atoms with Gasteiger partial charge in [0.15, 0.2) is 0 Å². The third-order valence-electron chi connectivity index (χ3n) is 4.62. The van der Waals surface area contributed by atoms with Crippen LogP contribution in [0.5, 0.6) is 0 Å². The van der Waals surface area contributed by atoms with Gasteiger partial charge < -0.3 is 15.0 Å². The van der Waals surface area contributed by atoms with Crippen LogP contribution in [0.3, 0.4) is 0 Å². The van der Waals surface area contributed by atoms with Crippen molar-refractivity contribution in [3.63, 3.8) is 0 Å². The van der Waals surface area contributed by atoms with E-state index in [1.165, 1.54) is 0 Å². The molecule has 3 rings (SSSR count). The summed E-state index contributed by atoms with van der Waals surface area (Å²) in [4.78, 5) is 23.2. The van der Waals surface area contributed by atoms with Gasteiger partial charge in [0, 0.05) is 45.1 Å². The number of anilines is 1. The number of ether oxygens (including phenoxy) is 1. The summed E-state index contributed by atoms with van der Waals surface area (Å²) in [6.45, 7) is 2.09. The molecule has 1 saturated heterocycles. The number of hydrogen-bond donors (Lipinski definition) is 1. The first-order chi connectivity index (χ1) is 12.3. The molecule has 0 saturated carbocycles. The lowest BCUT2D eigenvalue weighted by Gasteiger charge is -2.31. The van der Waals surface area contributed by atoms with E-state index in [4.69, 9.17) is 4.74 Å². The Kier molecular flexibility index (Phi) is 5.95. The highest BCUT2D eigenvalue weighted by Gasteiger charge is 2.26. The number of nitrogens with one attached hydrogen (secondary N) is 1. The number of methoxy groups -OCH3 is 1. The first kappa shape index (κ1) is 17.4. The Balaban J connectivity index is 1.48. The lowest BCUT2D eigenvalue weighted by atomic mass is 9.96. The minimum absolute atomic E-state index is 0.0354. The van der Waals surface area contributed by atoms with Crippen LogP contribution in [0.2, 0.25) is 0 Å². The normalized spacial score (nSPS) is 16.4. The van der Waals surface area contributed by atoms with Crippen molar-refractivity contribution < 1.29 is 9.53 Å². The van der Waals surface area contributed by atoms with Gasteiger partial charge >= 0.3 is 0 Å². The van der Waals surface area contributed by atoms with Gasteiger partial charge in [-0.2, -0.15) is 0 Å². The molecule has 6 nitrogen and oxygen atoms in total. The average Bonchev–Trinajstić information content (AvgIpc) is 2.70. The van der Waals surface area contributed by atoms with Gasteiger partial charge in [-0.15, -0.1) is 0 Å². The van der Waals surface area contributed by atoms with Gasteiger partial charge in [0.1, 0.15) is 0 Å². The van der Waals surface area contributed by atoms with Crippen molar-refractivity contribution in [2.75, 3.05) is 31.6 Å². The lowest BCUT2D eigenvalue weighted by molar-refractivity contribution is -0.126. The molecule has 0 radical (unpaired) electrons. The Labute approximate surface area is 148 Å². The van der Waals surface area contributed by atoms with Crippen LogP contribution < -0.4 is 10.2 Å². The lowest BCUT2D eigenvalue weighted by Crippen LogP contribution is -2.42. The van der Waals surface area contributed by atoms with Crippen LogP contribution in [0, 0.1) is 5.92 Å². The maximum absolute atomic E-state index is 12.5. The van der Waals surface area contributed by atoms with Crippen LogP contribution in [0.15, 0.2) is 48.8 Å². The zero-order valence-corrected chi connectivity index (χ0v) is 14.5. The second-order valence-electron chi connectivity index (χ2n) is 6.19. The molecule has 1 fully saturated rings. The number of piperidine rings is 1. The monoisotopic (exact) mass is 340 g/mol. The van der Waals surface area contributed by atoms with E-state index in [0.717, 1.165) is 37.4 Å². The third kappa shape index (κ3) is 4.54. The molecule has 1 unspecified atom stereocenters. The zero-order valence-electron chi connectivity index (χ0n) is 14.5. The Morgan fingerprint density at radius 3 is 2.52 bits per heavy atom. The Hall–Kier alpha value is -2.47. The Morgan fingerprint density at radius 1 is 1.20 bits per heavy atom. The number of hydrogen-bond acceptors (Lipinski definition) is 5. The number of carbonyl (C=O) groups is 1. The van der Waals surface area contributed by atoms with Gasteiger partial charge in [-0.3, -0.25) is 4.79 Å². The summed E-state index contributed by atoms with van der Waals surface area (Å²) in [6.07, 6.45) is 4.99. The Morgan fingerprint density at radius 2 is 1.88 bits per heavy atom. The summed E-state index contributed by atoms with van der Waals surface area (Å²) in [6, 6.07) is 11.8. The van der Waals surface area contributed by atoms with Crippen LogP contribution in [-0.2, 0) is 9.53 Å². The minimum Gasteiger partial charge on any atom is -0.375 e. The standard InChI is InChI=1S/C19H24N4O2/c1-25-17(15-6-3-2-4-7-15)14-22-18(24)16-8-12-23(13-9-16)19-20-10-5-11-21-19/h2-7,10-11,16-17H,8-9,12-14H2,1H3,(H,22,24). The van der Waals surface area contributed by atoms with E-state index < -0.39 is 0 Å². The molecule has 1 amide bonds. The molecule has 2 aromatic rings. The van der Waals surface area contributed by atoms with E-state index >= 15 is 0 Å². The molecule has 1 aromatic heterocycles. The smallest absolute Gasteiger partial charge is 0.225 e. The fraction of sp³-hybridized carbons (Fsp3) is 0.421. The summed E-state index contributed by atoms with van der Waals surface area (Å²) in [5.41, 5.74) is 1.07. The van der Waals surface area contributed by atoms with Crippen molar-refractivity contribution >= 4 is 11.9 Å². The second-order valence-corrected chi connectivity index (χ2v) is 6.19. The van der Waals surface area contributed by atoms with Crippen molar-refractivity contribution in [3.05, 3.63) is 54.4 Å². The molecule has 0 aliphatic carbocycles. The molecule has 1 aliphatic rings. The summed E-state index contributed by atoms with van der Waals surface area (Å²) >= 11 is 0. The number of benzene rings is 1. The predicted octanol–water partition coefficient (Wildman–Crippen LogP) is 2.20. The fourth-order valence-corrected chi connectivity index (χ4v) is 3.14. The van der Waals surface area contributed by atoms with Gasteiger partial charge in [0.25, 0.3) is 0 Å². The van der Waals surface area contributed by atoms with Crippen molar-refractivity contribution in [3.8, 4) is 0 Å². The molecule has 25 heavy (non-hydrogen) atoms. The van der Waals surface area contributed by atoms with Gasteiger partial charge in [-0.25, -0.2) is 9.97 Å². The predicted molar refractivity (Wildman–Crippen MR) is 96.2 cm³/mol.